The molecule has 0 aliphatic carbocycles. The van der Waals surface area contributed by atoms with Gasteiger partial charge < -0.3 is 15.2 Å². The highest BCUT2D eigenvalue weighted by molar-refractivity contribution is 5.39. The van der Waals surface area contributed by atoms with Crippen LogP contribution in [-0.2, 0) is 12.7 Å². The molecule has 0 aliphatic rings. The first-order valence-electron chi connectivity index (χ1n) is 8.63. The molecule has 0 spiro atoms. The number of ether oxygens (including phenoxy) is 1. The zero-order chi connectivity index (χ0) is 17.8. The summed E-state index contributed by atoms with van der Waals surface area (Å²) >= 11 is 0. The molecule has 138 valence electrons. The Morgan fingerprint density at radius 3 is 2.50 bits per heavy atom. The normalized spacial score (nSPS) is 11.7. The zero-order valence-electron chi connectivity index (χ0n) is 14.3. The van der Waals surface area contributed by atoms with E-state index in [9.17, 15) is 13.2 Å². The maximum absolute atomic E-state index is 13.2. The number of aliphatic hydroxyl groups is 1. The molecule has 0 bridgehead atoms. The Balaban J connectivity index is 2.60. The quantitative estimate of drug-likeness (QED) is 0.546. The molecule has 3 nitrogen and oxygen atoms in total. The maximum Gasteiger partial charge on any atom is 0.419 e. The molecule has 0 amide bonds. The summed E-state index contributed by atoms with van der Waals surface area (Å²) in [5, 5.41) is 11.7. The van der Waals surface area contributed by atoms with Gasteiger partial charge in [0.2, 0.25) is 0 Å². The fourth-order valence-electron chi connectivity index (χ4n) is 2.36. The first-order valence-corrected chi connectivity index (χ1v) is 8.63. The molecule has 2 N–H and O–H groups in total. The topological polar surface area (TPSA) is 41.5 Å². The Bertz CT molecular complexity index is 464. The second-order valence-corrected chi connectivity index (χ2v) is 5.84. The number of aliphatic hydroxyl groups excluding tert-OH is 1. The van der Waals surface area contributed by atoms with Crippen molar-refractivity contribution in [3.8, 4) is 5.75 Å². The molecule has 0 atom stereocenters. The van der Waals surface area contributed by atoms with Crippen LogP contribution in [0, 0.1) is 0 Å². The summed E-state index contributed by atoms with van der Waals surface area (Å²) in [6.07, 6.45) is 1.25. The summed E-state index contributed by atoms with van der Waals surface area (Å²) in [6, 6.07) is 4.18. The van der Waals surface area contributed by atoms with E-state index < -0.39 is 11.7 Å². The number of rotatable bonds is 12. The van der Waals surface area contributed by atoms with Crippen LogP contribution in [0.1, 0.15) is 56.6 Å². The Morgan fingerprint density at radius 2 is 1.83 bits per heavy atom. The minimum atomic E-state index is -4.43. The van der Waals surface area contributed by atoms with Crippen molar-refractivity contribution >= 4 is 0 Å². The van der Waals surface area contributed by atoms with Crippen molar-refractivity contribution in [2.75, 3.05) is 19.8 Å². The van der Waals surface area contributed by atoms with E-state index in [4.69, 9.17) is 9.84 Å². The lowest BCUT2D eigenvalue weighted by Crippen LogP contribution is -2.17. The van der Waals surface area contributed by atoms with Gasteiger partial charge in [-0.05, 0) is 37.1 Å². The van der Waals surface area contributed by atoms with Crippen LogP contribution in [0.5, 0.6) is 5.75 Å². The van der Waals surface area contributed by atoms with Crippen LogP contribution < -0.4 is 10.1 Å². The standard InChI is InChI=1S/C18H28F3NO2/c1-2-3-4-5-6-12-24-17-9-8-15(14-22-10-7-11-23)13-16(17)18(19,20)21/h8-9,13,22-23H,2-7,10-12,14H2,1H3. The average Bonchev–Trinajstić information content (AvgIpc) is 2.54. The molecule has 0 saturated carbocycles. The van der Waals surface area contributed by atoms with E-state index in [2.05, 4.69) is 12.2 Å². The molecule has 6 heteroatoms. The Hall–Kier alpha value is -1.27. The van der Waals surface area contributed by atoms with Gasteiger partial charge in [-0.15, -0.1) is 0 Å². The molecule has 0 unspecified atom stereocenters. The minimum Gasteiger partial charge on any atom is -0.493 e. The highest BCUT2D eigenvalue weighted by Crippen LogP contribution is 2.37. The fraction of sp³-hybridized carbons (Fsp3) is 0.667. The largest absolute Gasteiger partial charge is 0.493 e. The van der Waals surface area contributed by atoms with Crippen molar-refractivity contribution in [3.63, 3.8) is 0 Å². The van der Waals surface area contributed by atoms with Crippen LogP contribution >= 0.6 is 0 Å². The van der Waals surface area contributed by atoms with Gasteiger partial charge in [-0.2, -0.15) is 13.2 Å². The highest BCUT2D eigenvalue weighted by atomic mass is 19.4. The molecule has 1 aromatic carbocycles. The van der Waals surface area contributed by atoms with Gasteiger partial charge in [-0.3, -0.25) is 0 Å². The molecule has 0 aliphatic heterocycles. The molecule has 1 aromatic rings. The van der Waals surface area contributed by atoms with Gasteiger partial charge >= 0.3 is 6.18 Å². The molecule has 1 rings (SSSR count). The van der Waals surface area contributed by atoms with Crippen molar-refractivity contribution in [1.29, 1.82) is 0 Å². The van der Waals surface area contributed by atoms with Gasteiger partial charge in [0.25, 0.3) is 0 Å². The van der Waals surface area contributed by atoms with Crippen molar-refractivity contribution in [3.05, 3.63) is 29.3 Å². The Morgan fingerprint density at radius 1 is 1.08 bits per heavy atom. The summed E-state index contributed by atoms with van der Waals surface area (Å²) in [5.74, 6) is -0.0999. The van der Waals surface area contributed by atoms with Crippen molar-refractivity contribution in [2.45, 2.75) is 58.2 Å². The lowest BCUT2D eigenvalue weighted by atomic mass is 10.1. The van der Waals surface area contributed by atoms with Crippen LogP contribution in [0.25, 0.3) is 0 Å². The summed E-state index contributed by atoms with van der Waals surface area (Å²) in [5.41, 5.74) is -0.173. The third-order valence-corrected chi connectivity index (χ3v) is 3.70. The van der Waals surface area contributed by atoms with Gasteiger partial charge in [0.15, 0.2) is 0 Å². The van der Waals surface area contributed by atoms with E-state index >= 15 is 0 Å². The number of benzene rings is 1. The van der Waals surface area contributed by atoms with Crippen LogP contribution in [0.4, 0.5) is 13.2 Å². The van der Waals surface area contributed by atoms with E-state index in [1.54, 1.807) is 6.07 Å². The summed E-state index contributed by atoms with van der Waals surface area (Å²) in [6.45, 7) is 3.38. The van der Waals surface area contributed by atoms with Gasteiger partial charge in [0.1, 0.15) is 5.75 Å². The molecular weight excluding hydrogens is 319 g/mol. The van der Waals surface area contributed by atoms with Crippen LogP contribution in [0.15, 0.2) is 18.2 Å². The van der Waals surface area contributed by atoms with Crippen LogP contribution in [0.3, 0.4) is 0 Å². The lowest BCUT2D eigenvalue weighted by molar-refractivity contribution is -0.139. The predicted molar refractivity (Wildman–Crippen MR) is 89.1 cm³/mol. The lowest BCUT2D eigenvalue weighted by Gasteiger charge is -2.16. The Kier molecular flexibility index (Phi) is 9.79. The van der Waals surface area contributed by atoms with E-state index in [0.717, 1.165) is 38.2 Å². The SMILES string of the molecule is CCCCCCCOc1ccc(CNCCCO)cc1C(F)(F)F. The van der Waals surface area contributed by atoms with Gasteiger partial charge in [0.05, 0.1) is 12.2 Å². The highest BCUT2D eigenvalue weighted by Gasteiger charge is 2.34. The average molecular weight is 347 g/mol. The fourth-order valence-corrected chi connectivity index (χ4v) is 2.36. The summed E-state index contributed by atoms with van der Waals surface area (Å²) in [4.78, 5) is 0. The molecular formula is C18H28F3NO2. The van der Waals surface area contributed by atoms with Gasteiger partial charge in [-0.25, -0.2) is 0 Å². The van der Waals surface area contributed by atoms with E-state index in [1.165, 1.54) is 6.07 Å². The second-order valence-electron chi connectivity index (χ2n) is 5.84. The number of nitrogens with one attached hydrogen (secondary N) is 1. The first kappa shape index (κ1) is 20.8. The van der Waals surface area contributed by atoms with Crippen molar-refractivity contribution in [2.24, 2.45) is 0 Å². The number of halogens is 3. The predicted octanol–water partition coefficient (Wildman–Crippen LogP) is 4.53. The number of hydrogen-bond acceptors (Lipinski definition) is 3. The third-order valence-electron chi connectivity index (χ3n) is 3.70. The van der Waals surface area contributed by atoms with Crippen LogP contribution in [0.2, 0.25) is 0 Å². The zero-order valence-corrected chi connectivity index (χ0v) is 14.3. The smallest absolute Gasteiger partial charge is 0.419 e. The molecule has 0 aromatic heterocycles. The van der Waals surface area contributed by atoms with E-state index in [0.29, 0.717) is 31.7 Å². The molecule has 0 heterocycles. The molecule has 0 radical (unpaired) electrons. The van der Waals surface area contributed by atoms with E-state index in [1.807, 2.05) is 0 Å². The monoisotopic (exact) mass is 347 g/mol. The van der Waals surface area contributed by atoms with Crippen molar-refractivity contribution < 1.29 is 23.0 Å². The second kappa shape index (κ2) is 11.3. The maximum atomic E-state index is 13.2. The van der Waals surface area contributed by atoms with Gasteiger partial charge in [-0.1, -0.05) is 38.7 Å². The number of unbranched alkanes of at least 4 members (excludes halogenated alkanes) is 4. The minimum absolute atomic E-state index is 0.0613. The van der Waals surface area contributed by atoms with E-state index in [-0.39, 0.29) is 12.4 Å². The molecule has 0 saturated heterocycles. The van der Waals surface area contributed by atoms with Crippen LogP contribution in [-0.4, -0.2) is 24.9 Å². The number of alkyl halides is 3. The Labute approximate surface area is 142 Å². The van der Waals surface area contributed by atoms with Crippen molar-refractivity contribution in [1.82, 2.24) is 5.32 Å². The number of hydrogen-bond donors (Lipinski definition) is 2. The third kappa shape index (κ3) is 8.02. The van der Waals surface area contributed by atoms with Gasteiger partial charge in [0, 0.05) is 13.2 Å². The summed E-state index contributed by atoms with van der Waals surface area (Å²) in [7, 11) is 0. The first-order chi connectivity index (χ1) is 11.5. The molecule has 24 heavy (non-hydrogen) atoms. The molecule has 0 fully saturated rings. The summed E-state index contributed by atoms with van der Waals surface area (Å²) < 4.78 is 45.0.